The number of carbonyl (C=O) groups excluding carboxylic acids is 1. The highest BCUT2D eigenvalue weighted by atomic mass is 16.5. The summed E-state index contributed by atoms with van der Waals surface area (Å²) in [6.45, 7) is 3.99. The number of nitrogens with one attached hydrogen (secondary N) is 1. The molecule has 0 aliphatic heterocycles. The van der Waals surface area contributed by atoms with E-state index in [2.05, 4.69) is 75.5 Å². The van der Waals surface area contributed by atoms with Gasteiger partial charge >= 0.3 is 0 Å². The largest absolute Gasteiger partial charge is 0.491 e. The molecule has 1 aliphatic carbocycles. The number of allylic oxidation sites excluding steroid dienone is 5. The highest BCUT2D eigenvalue weighted by Gasteiger charge is 2.14. The third kappa shape index (κ3) is 11.8. The minimum atomic E-state index is -0.0640. The zero-order valence-corrected chi connectivity index (χ0v) is 26.0. The van der Waals surface area contributed by atoms with Crippen LogP contribution < -0.4 is 20.7 Å². The molecule has 0 spiro atoms. The highest BCUT2D eigenvalue weighted by Crippen LogP contribution is 2.31. The Morgan fingerprint density at radius 1 is 0.767 bits per heavy atom. The van der Waals surface area contributed by atoms with Gasteiger partial charge in [-0.2, -0.15) is 0 Å². The van der Waals surface area contributed by atoms with Gasteiger partial charge in [-0.1, -0.05) is 24.3 Å². The van der Waals surface area contributed by atoms with Crippen molar-refractivity contribution < 1.29 is 28.3 Å². The molecule has 0 aromatic heterocycles. The third-order valence-corrected chi connectivity index (χ3v) is 6.66. The molecular weight excluding hydrogens is 544 g/mol. The Morgan fingerprint density at radius 3 is 1.95 bits per heavy atom. The summed E-state index contributed by atoms with van der Waals surface area (Å²) < 4.78 is 24.3. The number of ether oxygens (including phenoxy) is 4. The van der Waals surface area contributed by atoms with Crippen molar-refractivity contribution in [1.82, 2.24) is 5.32 Å². The molecule has 0 heterocycles. The molecule has 2 aromatic rings. The molecule has 3 N–H and O–H groups in total. The monoisotopic (exact) mass is 591 g/mol. The second kappa shape index (κ2) is 18.7. The highest BCUT2D eigenvalue weighted by molar-refractivity contribution is 6.04. The molecule has 1 aliphatic rings. The molecule has 0 bridgehead atoms. The summed E-state index contributed by atoms with van der Waals surface area (Å²) in [4.78, 5) is 13.8. The lowest BCUT2D eigenvalue weighted by Gasteiger charge is -2.17. The maximum atomic E-state index is 11.7. The van der Waals surface area contributed by atoms with Gasteiger partial charge < -0.3 is 34.9 Å². The first-order chi connectivity index (χ1) is 20.9. The van der Waals surface area contributed by atoms with Gasteiger partial charge in [-0.15, -0.1) is 0 Å². The zero-order chi connectivity index (χ0) is 30.9. The molecule has 9 nitrogen and oxygen atoms in total. The molecule has 1 amide bonds. The third-order valence-electron chi connectivity index (χ3n) is 6.66. The van der Waals surface area contributed by atoms with Crippen molar-refractivity contribution in [2.45, 2.75) is 6.42 Å². The van der Waals surface area contributed by atoms with E-state index in [0.717, 1.165) is 33.8 Å². The fourth-order valence-electron chi connectivity index (χ4n) is 4.31. The van der Waals surface area contributed by atoms with Crippen LogP contribution >= 0.6 is 0 Å². The maximum absolute atomic E-state index is 11.7. The smallest absolute Gasteiger partial charge is 0.222 e. The van der Waals surface area contributed by atoms with Gasteiger partial charge in [0.15, 0.2) is 5.71 Å². The van der Waals surface area contributed by atoms with Crippen molar-refractivity contribution in [3.8, 4) is 5.75 Å². The number of hydrogen-bond donors (Lipinski definition) is 2. The van der Waals surface area contributed by atoms with E-state index in [-0.39, 0.29) is 5.91 Å². The second-order valence-corrected chi connectivity index (χ2v) is 10.4. The van der Waals surface area contributed by atoms with Crippen molar-refractivity contribution >= 4 is 22.9 Å². The summed E-state index contributed by atoms with van der Waals surface area (Å²) >= 11 is 0. The molecule has 0 radical (unpaired) electrons. The van der Waals surface area contributed by atoms with Crippen molar-refractivity contribution in [3.05, 3.63) is 89.5 Å². The molecule has 0 saturated heterocycles. The van der Waals surface area contributed by atoms with E-state index in [1.54, 1.807) is 0 Å². The van der Waals surface area contributed by atoms with E-state index in [4.69, 9.17) is 24.7 Å². The SMILES string of the molecule is CN(C)c1ccc(C(=C2C=CC(=[N+](C)C)C=C2)c2ccc(OCCOCCOCCC(=O)NCCOCCN)cc2)cc1. The number of anilines is 1. The summed E-state index contributed by atoms with van der Waals surface area (Å²) in [5, 5.41) is 2.78. The first-order valence-electron chi connectivity index (χ1n) is 14.7. The molecule has 0 saturated carbocycles. The minimum absolute atomic E-state index is 0.0640. The topological polar surface area (TPSA) is 98.3 Å². The van der Waals surface area contributed by atoms with E-state index < -0.39 is 0 Å². The number of benzene rings is 2. The number of nitrogens with two attached hydrogens (primary N) is 1. The van der Waals surface area contributed by atoms with Crippen molar-refractivity contribution in [3.63, 3.8) is 0 Å². The molecule has 0 fully saturated rings. The molecule has 0 atom stereocenters. The molecule has 43 heavy (non-hydrogen) atoms. The van der Waals surface area contributed by atoms with Gasteiger partial charge in [-0.3, -0.25) is 4.79 Å². The Kier molecular flexibility index (Phi) is 14.7. The van der Waals surface area contributed by atoms with Crippen molar-refractivity contribution in [2.75, 3.05) is 92.4 Å². The average Bonchev–Trinajstić information content (AvgIpc) is 3.01. The zero-order valence-electron chi connectivity index (χ0n) is 26.0. The van der Waals surface area contributed by atoms with Crippen LogP contribution in [0.25, 0.3) is 5.57 Å². The normalized spacial score (nSPS) is 12.4. The first kappa shape index (κ1) is 33.7. The van der Waals surface area contributed by atoms with Gasteiger partial charge in [0.2, 0.25) is 5.91 Å². The van der Waals surface area contributed by atoms with Gasteiger partial charge in [0.05, 0.1) is 39.6 Å². The van der Waals surface area contributed by atoms with E-state index in [1.165, 1.54) is 5.57 Å². The minimum Gasteiger partial charge on any atom is -0.491 e. The Hall–Kier alpha value is -3.76. The lowest BCUT2D eigenvalue weighted by atomic mass is 9.90. The van der Waals surface area contributed by atoms with E-state index in [9.17, 15) is 4.79 Å². The van der Waals surface area contributed by atoms with Gasteiger partial charge in [-0.05, 0) is 58.7 Å². The Balaban J connectivity index is 1.45. The molecule has 9 heteroatoms. The predicted molar refractivity (Wildman–Crippen MR) is 173 cm³/mol. The number of hydrogen-bond acceptors (Lipinski definition) is 7. The number of rotatable bonds is 18. The molecule has 232 valence electrons. The Labute approximate surface area is 256 Å². The fraction of sp³-hybridized carbons (Fsp3) is 0.412. The van der Waals surface area contributed by atoms with E-state index in [0.29, 0.717) is 65.8 Å². The second-order valence-electron chi connectivity index (χ2n) is 10.4. The summed E-state index contributed by atoms with van der Waals surface area (Å²) in [6, 6.07) is 16.8. The van der Waals surface area contributed by atoms with Crippen LogP contribution in [0.3, 0.4) is 0 Å². The Morgan fingerprint density at radius 2 is 1.35 bits per heavy atom. The van der Waals surface area contributed by atoms with Crippen LogP contribution in [-0.4, -0.2) is 104 Å². The maximum Gasteiger partial charge on any atom is 0.222 e. The van der Waals surface area contributed by atoms with Crippen molar-refractivity contribution in [1.29, 1.82) is 0 Å². The Bertz CT molecular complexity index is 1240. The van der Waals surface area contributed by atoms with Crippen LogP contribution in [0.2, 0.25) is 0 Å². The van der Waals surface area contributed by atoms with Crippen LogP contribution in [0.15, 0.2) is 78.4 Å². The van der Waals surface area contributed by atoms with Gasteiger partial charge in [0.25, 0.3) is 0 Å². The standard InChI is InChI=1S/C34H46N4O5/c1-37(2)30-11-5-27(6-12-30)34(28-7-13-31(14-8-28)38(3)4)29-9-15-32(16-10-29)43-26-25-42-24-23-40-20-17-33(39)36-19-22-41-21-18-35/h5-16H,17-26,35H2,1-4H3/p+1. The summed E-state index contributed by atoms with van der Waals surface area (Å²) in [7, 11) is 8.19. The van der Waals surface area contributed by atoms with Gasteiger partial charge in [0, 0.05) is 51.4 Å². The first-order valence-corrected chi connectivity index (χ1v) is 14.7. The lowest BCUT2D eigenvalue weighted by molar-refractivity contribution is -0.462. The average molecular weight is 592 g/mol. The number of amides is 1. The number of carbonyl (C=O) groups is 1. The lowest BCUT2D eigenvalue weighted by Crippen LogP contribution is -2.28. The molecule has 3 rings (SSSR count). The van der Waals surface area contributed by atoms with Crippen LogP contribution in [0, 0.1) is 0 Å². The van der Waals surface area contributed by atoms with Crippen LogP contribution in [0.5, 0.6) is 5.75 Å². The summed E-state index contributed by atoms with van der Waals surface area (Å²) in [5.74, 6) is 0.721. The molecule has 0 unspecified atom stereocenters. The molecule has 2 aromatic carbocycles. The van der Waals surface area contributed by atoms with Gasteiger partial charge in [-0.25, -0.2) is 4.58 Å². The number of nitrogens with zero attached hydrogens (tertiary/aromatic N) is 2. The van der Waals surface area contributed by atoms with E-state index in [1.807, 2.05) is 40.3 Å². The van der Waals surface area contributed by atoms with E-state index >= 15 is 0 Å². The predicted octanol–water partition coefficient (Wildman–Crippen LogP) is 3.29. The summed E-state index contributed by atoms with van der Waals surface area (Å²) in [6.07, 6.45) is 8.94. The van der Waals surface area contributed by atoms with Crippen LogP contribution in [-0.2, 0) is 19.0 Å². The van der Waals surface area contributed by atoms with Gasteiger partial charge in [0.1, 0.15) is 26.5 Å². The fourth-order valence-corrected chi connectivity index (χ4v) is 4.31. The van der Waals surface area contributed by atoms with Crippen LogP contribution in [0.1, 0.15) is 17.5 Å². The summed E-state index contributed by atoms with van der Waals surface area (Å²) in [5.41, 5.74) is 12.3. The van der Waals surface area contributed by atoms with Crippen molar-refractivity contribution in [2.24, 2.45) is 5.73 Å². The quantitative estimate of drug-likeness (QED) is 0.203. The molecular formula is C34H47N4O5+. The van der Waals surface area contributed by atoms with Crippen LogP contribution in [0.4, 0.5) is 5.69 Å².